The second-order valence-electron chi connectivity index (χ2n) is 4.77. The Balaban J connectivity index is 1.64. The van der Waals surface area contributed by atoms with Gasteiger partial charge in [0.2, 0.25) is 5.95 Å². The van der Waals surface area contributed by atoms with Gasteiger partial charge in [0.1, 0.15) is 6.10 Å². The van der Waals surface area contributed by atoms with E-state index >= 15 is 0 Å². The smallest absolute Gasteiger partial charge is 0.253 e. The summed E-state index contributed by atoms with van der Waals surface area (Å²) in [5.74, 6) is 0.262. The summed E-state index contributed by atoms with van der Waals surface area (Å²) in [7, 11) is 0. The van der Waals surface area contributed by atoms with Gasteiger partial charge in [-0.1, -0.05) is 0 Å². The predicted octanol–water partition coefficient (Wildman–Crippen LogP) is 0.107. The van der Waals surface area contributed by atoms with E-state index in [1.54, 1.807) is 30.9 Å². The van der Waals surface area contributed by atoms with Crippen LogP contribution in [0.3, 0.4) is 0 Å². The molecule has 8 nitrogen and oxygen atoms in total. The minimum atomic E-state index is -0.449. The topological polar surface area (TPSA) is 108 Å². The molecule has 0 saturated carbocycles. The van der Waals surface area contributed by atoms with E-state index < -0.39 is 6.10 Å². The second-order valence-corrected chi connectivity index (χ2v) is 4.77. The van der Waals surface area contributed by atoms with Gasteiger partial charge in [0, 0.05) is 18.9 Å². The van der Waals surface area contributed by atoms with Gasteiger partial charge in [-0.3, -0.25) is 4.79 Å². The van der Waals surface area contributed by atoms with E-state index in [1.807, 2.05) is 0 Å². The summed E-state index contributed by atoms with van der Waals surface area (Å²) in [6, 6.07) is 1.72. The van der Waals surface area contributed by atoms with Crippen LogP contribution in [0.15, 0.2) is 30.9 Å². The Bertz CT molecular complexity index is 614. The van der Waals surface area contributed by atoms with E-state index in [0.717, 1.165) is 6.42 Å². The van der Waals surface area contributed by atoms with Gasteiger partial charge in [-0.15, -0.1) is 0 Å². The van der Waals surface area contributed by atoms with Crippen molar-refractivity contribution in [3.8, 4) is 5.95 Å². The van der Waals surface area contributed by atoms with E-state index in [9.17, 15) is 4.79 Å². The molecule has 110 valence electrons. The number of nitrogens with zero attached hydrogens (tertiary/aromatic N) is 4. The summed E-state index contributed by atoms with van der Waals surface area (Å²) in [6.07, 6.45) is 7.47. The molecule has 1 aliphatic heterocycles. The molecular weight excluding hydrogens is 272 g/mol. The Morgan fingerprint density at radius 2 is 2.24 bits per heavy atom. The molecule has 1 saturated heterocycles. The third-order valence-corrected chi connectivity index (χ3v) is 3.27. The molecular formula is C13H16N6O2. The van der Waals surface area contributed by atoms with Crippen molar-refractivity contribution in [2.45, 2.75) is 25.0 Å². The minimum absolute atomic E-state index is 0.0267. The van der Waals surface area contributed by atoms with Gasteiger partial charge < -0.3 is 15.8 Å². The summed E-state index contributed by atoms with van der Waals surface area (Å²) in [5, 5.41) is 6.89. The Morgan fingerprint density at radius 1 is 1.43 bits per heavy atom. The molecule has 3 N–H and O–H groups in total. The van der Waals surface area contributed by atoms with Crippen LogP contribution in [-0.2, 0) is 9.53 Å². The van der Waals surface area contributed by atoms with Crippen molar-refractivity contribution in [2.24, 2.45) is 5.73 Å². The highest BCUT2D eigenvalue weighted by Crippen LogP contribution is 2.20. The van der Waals surface area contributed by atoms with Crippen LogP contribution in [0.1, 0.15) is 12.8 Å². The SMILES string of the molecule is NC[C@H]1CC[C@@H](C(=O)Nc2cnn(-c3ncccn3)c2)O1. The molecule has 2 aromatic heterocycles. The summed E-state index contributed by atoms with van der Waals surface area (Å²) < 4.78 is 7.04. The molecule has 2 aromatic rings. The highest BCUT2D eigenvalue weighted by atomic mass is 16.5. The average Bonchev–Trinajstić information content (AvgIpc) is 3.17. The zero-order valence-electron chi connectivity index (χ0n) is 11.3. The van der Waals surface area contributed by atoms with Crippen LogP contribution in [-0.4, -0.2) is 44.4 Å². The van der Waals surface area contributed by atoms with Crippen LogP contribution in [0, 0.1) is 0 Å². The van der Waals surface area contributed by atoms with Crippen molar-refractivity contribution in [1.29, 1.82) is 0 Å². The van der Waals surface area contributed by atoms with Crippen LogP contribution in [0.4, 0.5) is 5.69 Å². The maximum atomic E-state index is 12.1. The number of nitrogens with one attached hydrogen (secondary N) is 1. The molecule has 0 spiro atoms. The monoisotopic (exact) mass is 288 g/mol. The number of carbonyl (C=O) groups excluding carboxylic acids is 1. The fourth-order valence-electron chi connectivity index (χ4n) is 2.20. The third-order valence-electron chi connectivity index (χ3n) is 3.27. The molecule has 0 unspecified atom stereocenters. The van der Waals surface area contributed by atoms with Gasteiger partial charge in [0.05, 0.1) is 24.2 Å². The Morgan fingerprint density at radius 3 is 2.95 bits per heavy atom. The quantitative estimate of drug-likeness (QED) is 0.826. The Hall–Kier alpha value is -2.32. The van der Waals surface area contributed by atoms with Crippen LogP contribution in [0.25, 0.3) is 5.95 Å². The highest BCUT2D eigenvalue weighted by Gasteiger charge is 2.30. The zero-order valence-corrected chi connectivity index (χ0v) is 11.3. The number of hydrogen-bond donors (Lipinski definition) is 2. The fourth-order valence-corrected chi connectivity index (χ4v) is 2.20. The predicted molar refractivity (Wildman–Crippen MR) is 74.7 cm³/mol. The van der Waals surface area contributed by atoms with Crippen molar-refractivity contribution in [3.05, 3.63) is 30.9 Å². The van der Waals surface area contributed by atoms with E-state index in [1.165, 1.54) is 4.68 Å². The summed E-state index contributed by atoms with van der Waals surface area (Å²) >= 11 is 0. The first-order valence-corrected chi connectivity index (χ1v) is 6.74. The molecule has 1 aliphatic rings. The molecule has 21 heavy (non-hydrogen) atoms. The van der Waals surface area contributed by atoms with Crippen molar-refractivity contribution >= 4 is 11.6 Å². The van der Waals surface area contributed by atoms with Crippen LogP contribution in [0.5, 0.6) is 0 Å². The van der Waals surface area contributed by atoms with Gasteiger partial charge in [-0.05, 0) is 18.9 Å². The largest absolute Gasteiger partial charge is 0.364 e. The number of nitrogens with two attached hydrogens (primary N) is 1. The van der Waals surface area contributed by atoms with E-state index in [2.05, 4.69) is 20.4 Å². The lowest BCUT2D eigenvalue weighted by Crippen LogP contribution is -2.29. The maximum absolute atomic E-state index is 12.1. The molecule has 1 amide bonds. The summed E-state index contributed by atoms with van der Waals surface area (Å²) in [6.45, 7) is 0.438. The molecule has 3 heterocycles. The van der Waals surface area contributed by atoms with Crippen LogP contribution in [0.2, 0.25) is 0 Å². The van der Waals surface area contributed by atoms with E-state index in [4.69, 9.17) is 10.5 Å². The van der Waals surface area contributed by atoms with Gasteiger partial charge >= 0.3 is 0 Å². The highest BCUT2D eigenvalue weighted by molar-refractivity contribution is 5.94. The molecule has 0 radical (unpaired) electrons. The Labute approximate surface area is 121 Å². The second kappa shape index (κ2) is 5.98. The first-order chi connectivity index (χ1) is 10.3. The molecule has 2 atom stereocenters. The molecule has 8 heteroatoms. The average molecular weight is 288 g/mol. The van der Waals surface area contributed by atoms with Crippen LogP contribution < -0.4 is 11.1 Å². The van der Waals surface area contributed by atoms with E-state index in [-0.39, 0.29) is 12.0 Å². The maximum Gasteiger partial charge on any atom is 0.253 e. The van der Waals surface area contributed by atoms with Crippen molar-refractivity contribution < 1.29 is 9.53 Å². The van der Waals surface area contributed by atoms with Crippen LogP contribution >= 0.6 is 0 Å². The molecule has 0 aromatic carbocycles. The number of aromatic nitrogens is 4. The summed E-state index contributed by atoms with van der Waals surface area (Å²) in [5.41, 5.74) is 6.11. The number of carbonyl (C=O) groups is 1. The number of anilines is 1. The minimum Gasteiger partial charge on any atom is -0.364 e. The number of hydrogen-bond acceptors (Lipinski definition) is 6. The lowest BCUT2D eigenvalue weighted by atomic mass is 10.2. The van der Waals surface area contributed by atoms with Crippen molar-refractivity contribution in [1.82, 2.24) is 19.7 Å². The number of rotatable bonds is 4. The lowest BCUT2D eigenvalue weighted by Gasteiger charge is -2.11. The van der Waals surface area contributed by atoms with Gasteiger partial charge in [-0.25, -0.2) is 14.6 Å². The lowest BCUT2D eigenvalue weighted by molar-refractivity contribution is -0.126. The number of amides is 1. The van der Waals surface area contributed by atoms with Gasteiger partial charge in [-0.2, -0.15) is 5.10 Å². The zero-order chi connectivity index (χ0) is 14.7. The first kappa shape index (κ1) is 13.7. The normalized spacial score (nSPS) is 21.4. The third kappa shape index (κ3) is 3.06. The standard InChI is InChI=1S/C13H16N6O2/c14-6-10-2-3-11(21-10)12(20)18-9-7-17-19(8-9)13-15-4-1-5-16-13/h1,4-5,7-8,10-11H,2-3,6,14H2,(H,18,20)/t10-,11+/m1/s1. The number of ether oxygens (including phenoxy) is 1. The summed E-state index contributed by atoms with van der Waals surface area (Å²) in [4.78, 5) is 20.2. The molecule has 3 rings (SSSR count). The van der Waals surface area contributed by atoms with Gasteiger partial charge in [0.15, 0.2) is 0 Å². The Kier molecular flexibility index (Phi) is 3.89. The molecule has 0 bridgehead atoms. The van der Waals surface area contributed by atoms with Gasteiger partial charge in [0.25, 0.3) is 5.91 Å². The fraction of sp³-hybridized carbons (Fsp3) is 0.385. The van der Waals surface area contributed by atoms with Crippen molar-refractivity contribution in [2.75, 3.05) is 11.9 Å². The van der Waals surface area contributed by atoms with E-state index in [0.29, 0.717) is 24.6 Å². The first-order valence-electron chi connectivity index (χ1n) is 6.74. The van der Waals surface area contributed by atoms with Crippen molar-refractivity contribution in [3.63, 3.8) is 0 Å². The molecule has 0 aliphatic carbocycles. The molecule has 1 fully saturated rings.